The number of nitrogens with zero attached hydrogens (tertiary/aromatic N) is 1. The van der Waals surface area contributed by atoms with E-state index in [1.807, 2.05) is 19.9 Å². The molecule has 0 saturated heterocycles. The average molecular weight is 391 g/mol. The molecule has 0 bridgehead atoms. The minimum Gasteiger partial charge on any atom is -0.463 e. The summed E-state index contributed by atoms with van der Waals surface area (Å²) in [6.07, 6.45) is 5.19. The second-order valence-electron chi connectivity index (χ2n) is 4.44. The molecule has 0 aliphatic carbocycles. The lowest BCUT2D eigenvalue weighted by Crippen LogP contribution is -2.39. The Balaban J connectivity index is 0.00000361. The number of hydrogen-bond donors (Lipinski definition) is 3. The second kappa shape index (κ2) is 8.87. The van der Waals surface area contributed by atoms with Gasteiger partial charge < -0.3 is 20.2 Å². The third kappa shape index (κ3) is 5.84. The summed E-state index contributed by atoms with van der Waals surface area (Å²) in [4.78, 5) is 4.30. The summed E-state index contributed by atoms with van der Waals surface area (Å²) >= 11 is 0. The van der Waals surface area contributed by atoms with Gasteiger partial charge in [-0.1, -0.05) is 5.92 Å². The van der Waals surface area contributed by atoms with Gasteiger partial charge in [0.2, 0.25) is 0 Å². The van der Waals surface area contributed by atoms with E-state index in [0.29, 0.717) is 18.3 Å². The maximum atomic E-state index is 10.3. The molecule has 0 fully saturated rings. The highest BCUT2D eigenvalue weighted by molar-refractivity contribution is 14.0. The minimum atomic E-state index is -1.15. The number of rotatable bonds is 5. The summed E-state index contributed by atoms with van der Waals surface area (Å²) in [5.41, 5.74) is -1.15. The number of halogens is 1. The van der Waals surface area contributed by atoms with E-state index in [-0.39, 0.29) is 30.5 Å². The van der Waals surface area contributed by atoms with Gasteiger partial charge in [0.15, 0.2) is 5.96 Å². The van der Waals surface area contributed by atoms with Gasteiger partial charge in [0.1, 0.15) is 17.1 Å². The number of furan rings is 1. The van der Waals surface area contributed by atoms with Gasteiger partial charge in [-0.05, 0) is 32.9 Å². The number of nitrogens with one attached hydrogen (secondary N) is 2. The fourth-order valence-corrected chi connectivity index (χ4v) is 1.51. The van der Waals surface area contributed by atoms with Crippen LogP contribution in [0.15, 0.2) is 21.5 Å². The smallest absolute Gasteiger partial charge is 0.192 e. The van der Waals surface area contributed by atoms with Crippen molar-refractivity contribution in [2.75, 3.05) is 19.6 Å². The molecule has 0 saturated carbocycles. The molecule has 1 aromatic rings. The van der Waals surface area contributed by atoms with Gasteiger partial charge in [0, 0.05) is 6.54 Å². The van der Waals surface area contributed by atoms with E-state index in [9.17, 15) is 5.11 Å². The van der Waals surface area contributed by atoms with Crippen molar-refractivity contribution in [1.82, 2.24) is 10.6 Å². The zero-order valence-electron chi connectivity index (χ0n) is 12.1. The molecule has 0 aliphatic heterocycles. The molecule has 5 nitrogen and oxygen atoms in total. The number of terminal acetylenes is 1. The van der Waals surface area contributed by atoms with Gasteiger partial charge >= 0.3 is 0 Å². The Morgan fingerprint density at radius 2 is 2.20 bits per heavy atom. The van der Waals surface area contributed by atoms with Crippen LogP contribution in [0.25, 0.3) is 0 Å². The van der Waals surface area contributed by atoms with E-state index < -0.39 is 5.60 Å². The molecule has 0 aliphatic rings. The first kappa shape index (κ1) is 18.8. The molecule has 0 spiro atoms. The molecular formula is C14H22IN3O2. The highest BCUT2D eigenvalue weighted by Gasteiger charge is 2.26. The van der Waals surface area contributed by atoms with Crippen LogP contribution in [0, 0.1) is 19.3 Å². The molecule has 0 radical (unpaired) electrons. The SMILES string of the molecule is C#CCNC(=NCC(C)(O)c1ccc(C)o1)NCC.I. The van der Waals surface area contributed by atoms with E-state index in [1.54, 1.807) is 13.0 Å². The lowest BCUT2D eigenvalue weighted by Gasteiger charge is -2.19. The molecule has 1 rings (SSSR count). The quantitative estimate of drug-likeness (QED) is 0.309. The third-order valence-electron chi connectivity index (χ3n) is 2.52. The fraction of sp³-hybridized carbons (Fsp3) is 0.500. The van der Waals surface area contributed by atoms with Gasteiger partial charge in [0.05, 0.1) is 13.1 Å². The van der Waals surface area contributed by atoms with Crippen LogP contribution in [-0.2, 0) is 5.60 Å². The van der Waals surface area contributed by atoms with Crippen molar-refractivity contribution in [2.45, 2.75) is 26.4 Å². The van der Waals surface area contributed by atoms with Crippen LogP contribution in [0.1, 0.15) is 25.4 Å². The normalized spacial score (nSPS) is 13.8. The fourth-order valence-electron chi connectivity index (χ4n) is 1.51. The van der Waals surface area contributed by atoms with E-state index in [0.717, 1.165) is 12.3 Å². The molecule has 20 heavy (non-hydrogen) atoms. The summed E-state index contributed by atoms with van der Waals surface area (Å²) in [5.74, 6) is 4.31. The Morgan fingerprint density at radius 3 is 2.70 bits per heavy atom. The minimum absolute atomic E-state index is 0. The Hall–Kier alpha value is -1.20. The van der Waals surface area contributed by atoms with Gasteiger partial charge in [0.25, 0.3) is 0 Å². The number of hydrogen-bond acceptors (Lipinski definition) is 3. The first-order valence-electron chi connectivity index (χ1n) is 6.24. The van der Waals surface area contributed by atoms with Crippen molar-refractivity contribution in [2.24, 2.45) is 4.99 Å². The molecule has 0 aromatic carbocycles. The topological polar surface area (TPSA) is 69.8 Å². The molecular weight excluding hydrogens is 369 g/mol. The molecule has 112 valence electrons. The molecule has 3 N–H and O–H groups in total. The first-order valence-corrected chi connectivity index (χ1v) is 6.24. The van der Waals surface area contributed by atoms with Crippen molar-refractivity contribution in [3.63, 3.8) is 0 Å². The van der Waals surface area contributed by atoms with Crippen LogP contribution in [0.5, 0.6) is 0 Å². The summed E-state index contributed by atoms with van der Waals surface area (Å²) < 4.78 is 5.43. The van der Waals surface area contributed by atoms with Crippen LogP contribution in [0.2, 0.25) is 0 Å². The van der Waals surface area contributed by atoms with Crippen LogP contribution < -0.4 is 10.6 Å². The lowest BCUT2D eigenvalue weighted by molar-refractivity contribution is 0.0429. The van der Waals surface area contributed by atoms with Crippen LogP contribution in [0.4, 0.5) is 0 Å². The molecule has 1 aromatic heterocycles. The second-order valence-corrected chi connectivity index (χ2v) is 4.44. The summed E-state index contributed by atoms with van der Waals surface area (Å²) in [5, 5.41) is 16.4. The first-order chi connectivity index (χ1) is 8.99. The van der Waals surface area contributed by atoms with Crippen molar-refractivity contribution in [3.8, 4) is 12.3 Å². The van der Waals surface area contributed by atoms with Crippen molar-refractivity contribution in [3.05, 3.63) is 23.7 Å². The van der Waals surface area contributed by atoms with E-state index in [2.05, 4.69) is 21.5 Å². The zero-order valence-corrected chi connectivity index (χ0v) is 14.4. The highest BCUT2D eigenvalue weighted by Crippen LogP contribution is 2.22. The predicted octanol–water partition coefficient (Wildman–Crippen LogP) is 1.60. The Bertz CT molecular complexity index is 475. The molecule has 0 amide bonds. The third-order valence-corrected chi connectivity index (χ3v) is 2.52. The number of aliphatic imine (C=N–C) groups is 1. The van der Waals surface area contributed by atoms with Crippen molar-refractivity contribution >= 4 is 29.9 Å². The van der Waals surface area contributed by atoms with Crippen molar-refractivity contribution in [1.29, 1.82) is 0 Å². The zero-order chi connectivity index (χ0) is 14.3. The Labute approximate surface area is 137 Å². The summed E-state index contributed by atoms with van der Waals surface area (Å²) in [7, 11) is 0. The predicted molar refractivity (Wildman–Crippen MR) is 91.2 cm³/mol. The largest absolute Gasteiger partial charge is 0.463 e. The Kier molecular flexibility index (Phi) is 8.34. The maximum absolute atomic E-state index is 10.3. The molecule has 6 heteroatoms. The molecule has 1 unspecified atom stereocenters. The number of aryl methyl sites for hydroxylation is 1. The van der Waals surface area contributed by atoms with E-state index in [1.165, 1.54) is 0 Å². The van der Waals surface area contributed by atoms with Gasteiger partial charge in [-0.25, -0.2) is 4.99 Å². The molecule has 1 heterocycles. The van der Waals surface area contributed by atoms with Gasteiger partial charge in [-0.15, -0.1) is 30.4 Å². The number of aliphatic hydroxyl groups is 1. The number of guanidine groups is 1. The highest BCUT2D eigenvalue weighted by atomic mass is 127. The van der Waals surface area contributed by atoms with Crippen LogP contribution in [-0.4, -0.2) is 30.7 Å². The van der Waals surface area contributed by atoms with Crippen LogP contribution >= 0.6 is 24.0 Å². The molecule has 1 atom stereocenters. The maximum Gasteiger partial charge on any atom is 0.192 e. The monoisotopic (exact) mass is 391 g/mol. The van der Waals surface area contributed by atoms with E-state index in [4.69, 9.17) is 10.8 Å². The summed E-state index contributed by atoms with van der Waals surface area (Å²) in [6, 6.07) is 3.57. The van der Waals surface area contributed by atoms with Crippen molar-refractivity contribution < 1.29 is 9.52 Å². The Morgan fingerprint density at radius 1 is 1.50 bits per heavy atom. The van der Waals surface area contributed by atoms with Gasteiger partial charge in [-0.3, -0.25) is 0 Å². The lowest BCUT2D eigenvalue weighted by atomic mass is 10.0. The van der Waals surface area contributed by atoms with Gasteiger partial charge in [-0.2, -0.15) is 0 Å². The van der Waals surface area contributed by atoms with E-state index >= 15 is 0 Å². The summed E-state index contributed by atoms with van der Waals surface area (Å²) in [6.45, 7) is 6.74. The average Bonchev–Trinajstić information content (AvgIpc) is 2.80. The van der Waals surface area contributed by atoms with Crippen LogP contribution in [0.3, 0.4) is 0 Å². The standard InChI is InChI=1S/C14H21N3O2.HI/c1-5-9-16-13(15-6-2)17-10-14(4,18)12-8-7-11(3)19-12;/h1,7-8,18H,6,9-10H2,2-4H3,(H2,15,16,17);1H.